The Bertz CT molecular complexity index is 251. The third kappa shape index (κ3) is 3.12. The van der Waals surface area contributed by atoms with E-state index in [4.69, 9.17) is 5.11 Å². The second-order valence-corrected chi connectivity index (χ2v) is 5.13. The zero-order valence-electron chi connectivity index (χ0n) is 9.10. The summed E-state index contributed by atoms with van der Waals surface area (Å²) in [6.45, 7) is 1.54. The van der Waals surface area contributed by atoms with Crippen molar-refractivity contribution in [3.05, 3.63) is 0 Å². The zero-order valence-corrected chi connectivity index (χ0v) is 9.92. The van der Waals surface area contributed by atoms with Gasteiger partial charge in [0, 0.05) is 7.05 Å². The molecule has 1 aliphatic heterocycles. The second-order valence-electron chi connectivity index (χ2n) is 3.82. The molecular weight excluding hydrogens is 214 g/mol. The number of hydrogen-bond donors (Lipinski definition) is 1. The van der Waals surface area contributed by atoms with Gasteiger partial charge in [0.05, 0.1) is 5.25 Å². The van der Waals surface area contributed by atoms with Crippen molar-refractivity contribution >= 4 is 23.6 Å². The van der Waals surface area contributed by atoms with Crippen molar-refractivity contribution in [2.24, 2.45) is 0 Å². The first-order chi connectivity index (χ1) is 7.04. The molecule has 0 radical (unpaired) electrons. The summed E-state index contributed by atoms with van der Waals surface area (Å²) in [5.74, 6) is 0.00682. The van der Waals surface area contributed by atoms with Crippen LogP contribution in [0.4, 0.5) is 0 Å². The maximum absolute atomic E-state index is 11.9. The van der Waals surface area contributed by atoms with E-state index in [0.717, 1.165) is 25.0 Å². The molecule has 4 nitrogen and oxygen atoms in total. The van der Waals surface area contributed by atoms with Gasteiger partial charge in [-0.1, -0.05) is 6.42 Å². The van der Waals surface area contributed by atoms with Crippen LogP contribution in [0.1, 0.15) is 26.2 Å². The van der Waals surface area contributed by atoms with Crippen LogP contribution in [0, 0.1) is 0 Å². The molecule has 5 heteroatoms. The first kappa shape index (κ1) is 12.4. The van der Waals surface area contributed by atoms with Crippen LogP contribution >= 0.6 is 11.8 Å². The molecule has 0 aromatic carbocycles. The third-order valence-electron chi connectivity index (χ3n) is 2.74. The largest absolute Gasteiger partial charge is 0.480 e. The van der Waals surface area contributed by atoms with Gasteiger partial charge in [0.1, 0.15) is 6.04 Å². The fourth-order valence-electron chi connectivity index (χ4n) is 1.52. The van der Waals surface area contributed by atoms with E-state index in [0.29, 0.717) is 0 Å². The highest BCUT2D eigenvalue weighted by Gasteiger charge is 2.29. The fraction of sp³-hybridized carbons (Fsp3) is 0.800. The number of carbonyl (C=O) groups excluding carboxylic acids is 1. The van der Waals surface area contributed by atoms with Gasteiger partial charge in [0.25, 0.3) is 0 Å². The number of nitrogens with zero attached hydrogens (tertiary/aromatic N) is 1. The number of rotatable bonds is 3. The molecular formula is C10H17NO3S. The van der Waals surface area contributed by atoms with Gasteiger partial charge in [0.2, 0.25) is 5.91 Å². The Hall–Kier alpha value is -0.710. The Balaban J connectivity index is 2.54. The average Bonchev–Trinajstić information content (AvgIpc) is 2.27. The van der Waals surface area contributed by atoms with Crippen molar-refractivity contribution in [3.63, 3.8) is 0 Å². The maximum Gasteiger partial charge on any atom is 0.326 e. The van der Waals surface area contributed by atoms with Crippen molar-refractivity contribution in [3.8, 4) is 0 Å². The SMILES string of the molecule is CC(C(=O)O)N(C)C(=O)C1CCCCS1. The molecule has 0 bridgehead atoms. The standard InChI is InChI=1S/C10H17NO3S/c1-7(10(13)14)11(2)9(12)8-5-3-4-6-15-8/h7-8H,3-6H2,1-2H3,(H,13,14). The van der Waals surface area contributed by atoms with Gasteiger partial charge in [0.15, 0.2) is 0 Å². The van der Waals surface area contributed by atoms with E-state index in [-0.39, 0.29) is 11.2 Å². The lowest BCUT2D eigenvalue weighted by Gasteiger charge is -2.28. The Morgan fingerprint density at radius 2 is 2.13 bits per heavy atom. The van der Waals surface area contributed by atoms with Gasteiger partial charge in [-0.2, -0.15) is 0 Å². The minimum absolute atomic E-state index is 0.0365. The summed E-state index contributed by atoms with van der Waals surface area (Å²) in [5.41, 5.74) is 0. The summed E-state index contributed by atoms with van der Waals surface area (Å²) in [4.78, 5) is 24.0. The maximum atomic E-state index is 11.9. The molecule has 1 amide bonds. The lowest BCUT2D eigenvalue weighted by atomic mass is 10.1. The number of hydrogen-bond acceptors (Lipinski definition) is 3. The van der Waals surface area contributed by atoms with E-state index in [2.05, 4.69) is 0 Å². The predicted molar refractivity (Wildman–Crippen MR) is 60.0 cm³/mol. The number of amides is 1. The smallest absolute Gasteiger partial charge is 0.326 e. The quantitative estimate of drug-likeness (QED) is 0.793. The molecule has 0 saturated carbocycles. The molecule has 1 rings (SSSR count). The Kier molecular flexibility index (Phi) is 4.45. The molecule has 2 atom stereocenters. The van der Waals surface area contributed by atoms with Crippen LogP contribution in [-0.2, 0) is 9.59 Å². The highest BCUT2D eigenvalue weighted by atomic mass is 32.2. The summed E-state index contributed by atoms with van der Waals surface area (Å²) in [6, 6.07) is -0.736. The van der Waals surface area contributed by atoms with Crippen LogP contribution in [-0.4, -0.2) is 46.0 Å². The van der Waals surface area contributed by atoms with Crippen molar-refractivity contribution < 1.29 is 14.7 Å². The van der Waals surface area contributed by atoms with Crippen molar-refractivity contribution in [1.82, 2.24) is 4.90 Å². The number of likely N-dealkylation sites (N-methyl/N-ethyl adjacent to an activating group) is 1. The van der Waals surface area contributed by atoms with Gasteiger partial charge in [-0.15, -0.1) is 11.8 Å². The minimum Gasteiger partial charge on any atom is -0.480 e. The van der Waals surface area contributed by atoms with Crippen LogP contribution in [0.15, 0.2) is 0 Å². The molecule has 0 aliphatic carbocycles. The highest BCUT2D eigenvalue weighted by Crippen LogP contribution is 2.26. The molecule has 0 aromatic heterocycles. The minimum atomic E-state index is -0.952. The van der Waals surface area contributed by atoms with E-state index < -0.39 is 12.0 Å². The summed E-state index contributed by atoms with van der Waals surface area (Å²) in [5, 5.41) is 8.76. The Morgan fingerprint density at radius 1 is 1.47 bits per heavy atom. The Labute approximate surface area is 94.0 Å². The van der Waals surface area contributed by atoms with Crippen molar-refractivity contribution in [2.75, 3.05) is 12.8 Å². The third-order valence-corrected chi connectivity index (χ3v) is 4.11. The van der Waals surface area contributed by atoms with Crippen molar-refractivity contribution in [2.45, 2.75) is 37.5 Å². The van der Waals surface area contributed by atoms with Crippen LogP contribution in [0.3, 0.4) is 0 Å². The highest BCUT2D eigenvalue weighted by molar-refractivity contribution is 8.00. The topological polar surface area (TPSA) is 57.6 Å². The van der Waals surface area contributed by atoms with E-state index in [1.165, 1.54) is 11.8 Å². The second kappa shape index (κ2) is 5.39. The van der Waals surface area contributed by atoms with Gasteiger partial charge < -0.3 is 10.0 Å². The van der Waals surface area contributed by atoms with Crippen LogP contribution in [0.25, 0.3) is 0 Å². The zero-order chi connectivity index (χ0) is 11.4. The molecule has 0 aromatic rings. The first-order valence-corrected chi connectivity index (χ1v) is 6.20. The number of thioether (sulfide) groups is 1. The lowest BCUT2D eigenvalue weighted by Crippen LogP contribution is -2.44. The molecule has 1 fully saturated rings. The molecule has 1 N–H and O–H groups in total. The molecule has 0 spiro atoms. The first-order valence-electron chi connectivity index (χ1n) is 5.15. The van der Waals surface area contributed by atoms with E-state index in [1.807, 2.05) is 0 Å². The normalized spacial score (nSPS) is 23.2. The number of carboxylic acid groups (broad SMARTS) is 1. The summed E-state index contributed by atoms with van der Waals surface area (Å²) in [7, 11) is 1.57. The molecule has 86 valence electrons. The van der Waals surface area contributed by atoms with Gasteiger partial charge in [-0.25, -0.2) is 4.79 Å². The average molecular weight is 231 g/mol. The van der Waals surface area contributed by atoms with Crippen LogP contribution in [0.5, 0.6) is 0 Å². The van der Waals surface area contributed by atoms with Gasteiger partial charge >= 0.3 is 5.97 Å². The van der Waals surface area contributed by atoms with E-state index in [1.54, 1.807) is 18.8 Å². The molecule has 1 heterocycles. The summed E-state index contributed by atoms with van der Waals surface area (Å²) >= 11 is 1.64. The van der Waals surface area contributed by atoms with Gasteiger partial charge in [-0.3, -0.25) is 4.79 Å². The number of carboxylic acids is 1. The van der Waals surface area contributed by atoms with E-state index >= 15 is 0 Å². The molecule has 1 aliphatic rings. The fourth-order valence-corrected chi connectivity index (χ4v) is 2.82. The van der Waals surface area contributed by atoms with Crippen LogP contribution < -0.4 is 0 Å². The number of aliphatic carboxylic acids is 1. The van der Waals surface area contributed by atoms with E-state index in [9.17, 15) is 9.59 Å². The predicted octanol–water partition coefficient (Wildman–Crippen LogP) is 1.20. The summed E-state index contributed by atoms with van der Waals surface area (Å²) in [6.07, 6.45) is 3.10. The van der Waals surface area contributed by atoms with Crippen molar-refractivity contribution in [1.29, 1.82) is 0 Å². The molecule has 2 unspecified atom stereocenters. The summed E-state index contributed by atoms with van der Waals surface area (Å²) < 4.78 is 0. The monoisotopic (exact) mass is 231 g/mol. The molecule has 1 saturated heterocycles. The van der Waals surface area contributed by atoms with Gasteiger partial charge in [-0.05, 0) is 25.5 Å². The number of carbonyl (C=O) groups is 2. The lowest BCUT2D eigenvalue weighted by molar-refractivity contribution is -0.148. The molecule has 15 heavy (non-hydrogen) atoms. The Morgan fingerprint density at radius 3 is 2.60 bits per heavy atom. The van der Waals surface area contributed by atoms with Crippen LogP contribution in [0.2, 0.25) is 0 Å².